The zero-order valence-corrected chi connectivity index (χ0v) is 54.1. The summed E-state index contributed by atoms with van der Waals surface area (Å²) in [5, 5.41) is 23.2. The molecule has 0 aliphatic rings. The highest BCUT2D eigenvalue weighted by atomic mass is 16.5. The van der Waals surface area contributed by atoms with Crippen molar-refractivity contribution in [1.82, 2.24) is 5.32 Å². The van der Waals surface area contributed by atoms with Crippen LogP contribution in [-0.4, -0.2) is 47.4 Å². The molecule has 0 bridgehead atoms. The topological polar surface area (TPSA) is 95.9 Å². The van der Waals surface area contributed by atoms with E-state index in [0.717, 1.165) is 44.9 Å². The standard InChI is InChI=1S/C74H141NO5/c1-3-5-7-9-11-13-15-17-19-21-34-38-42-46-50-54-58-62-66-72(77)71(70-76)75-73(78)67-63-59-55-51-47-43-39-35-32-30-28-26-24-23-25-27-29-31-33-37-41-45-49-53-57-61-65-69-80-74(79)68-64-60-56-52-48-44-40-36-22-20-18-16-14-12-10-8-6-4-2/h20,22-24,62,66,71-72,76-77H,3-19,21,25-61,63-65,67-70H2,1-2H3,(H,75,78)/b22-20-,24-23-,66-62+. The van der Waals surface area contributed by atoms with Gasteiger partial charge in [0.15, 0.2) is 0 Å². The molecule has 0 aromatic rings. The van der Waals surface area contributed by atoms with E-state index in [-0.39, 0.29) is 18.5 Å². The third-order valence-electron chi connectivity index (χ3n) is 16.9. The number of allylic oxidation sites excluding steroid dienone is 5. The Morgan fingerprint density at radius 1 is 0.338 bits per heavy atom. The molecule has 0 spiro atoms. The molecular formula is C74H141NO5. The van der Waals surface area contributed by atoms with Crippen molar-refractivity contribution in [2.24, 2.45) is 0 Å². The molecule has 0 aromatic carbocycles. The predicted octanol–water partition coefficient (Wildman–Crippen LogP) is 23.5. The van der Waals surface area contributed by atoms with Crippen LogP contribution in [0, 0.1) is 0 Å². The predicted molar refractivity (Wildman–Crippen MR) is 352 cm³/mol. The van der Waals surface area contributed by atoms with Gasteiger partial charge in [0.1, 0.15) is 0 Å². The summed E-state index contributed by atoms with van der Waals surface area (Å²) in [6.45, 7) is 4.93. The number of ether oxygens (including phenoxy) is 1. The Labute approximate surface area is 500 Å². The number of aliphatic hydroxyl groups is 2. The summed E-state index contributed by atoms with van der Waals surface area (Å²) < 4.78 is 5.50. The normalized spacial score (nSPS) is 12.7. The number of esters is 1. The Bertz CT molecular complexity index is 1300. The highest BCUT2D eigenvalue weighted by Gasteiger charge is 2.18. The van der Waals surface area contributed by atoms with Gasteiger partial charge in [-0.2, -0.15) is 0 Å². The zero-order chi connectivity index (χ0) is 57.8. The largest absolute Gasteiger partial charge is 0.466 e. The Morgan fingerprint density at radius 2 is 0.588 bits per heavy atom. The Morgan fingerprint density at radius 3 is 0.887 bits per heavy atom. The van der Waals surface area contributed by atoms with Gasteiger partial charge in [0.25, 0.3) is 0 Å². The number of carbonyl (C=O) groups excluding carboxylic acids is 2. The van der Waals surface area contributed by atoms with Gasteiger partial charge in [0, 0.05) is 12.8 Å². The Hall–Kier alpha value is -1.92. The average molecular weight is 1120 g/mol. The first-order valence-corrected chi connectivity index (χ1v) is 36.3. The van der Waals surface area contributed by atoms with Crippen LogP contribution < -0.4 is 5.32 Å². The van der Waals surface area contributed by atoms with Crippen LogP contribution in [0.15, 0.2) is 36.5 Å². The van der Waals surface area contributed by atoms with Crippen LogP contribution in [-0.2, 0) is 14.3 Å². The van der Waals surface area contributed by atoms with Crippen molar-refractivity contribution in [2.45, 2.75) is 411 Å². The molecule has 80 heavy (non-hydrogen) atoms. The molecule has 0 aromatic heterocycles. The molecule has 2 atom stereocenters. The summed E-state index contributed by atoms with van der Waals surface area (Å²) in [5.41, 5.74) is 0. The van der Waals surface area contributed by atoms with Gasteiger partial charge < -0.3 is 20.3 Å². The van der Waals surface area contributed by atoms with E-state index >= 15 is 0 Å². The molecule has 0 aliphatic heterocycles. The highest BCUT2D eigenvalue weighted by Crippen LogP contribution is 2.18. The van der Waals surface area contributed by atoms with Crippen molar-refractivity contribution in [2.75, 3.05) is 13.2 Å². The third-order valence-corrected chi connectivity index (χ3v) is 16.9. The van der Waals surface area contributed by atoms with Crippen molar-refractivity contribution in [3.63, 3.8) is 0 Å². The fourth-order valence-electron chi connectivity index (χ4n) is 11.3. The van der Waals surface area contributed by atoms with Gasteiger partial charge >= 0.3 is 5.97 Å². The minimum Gasteiger partial charge on any atom is -0.466 e. The fourth-order valence-corrected chi connectivity index (χ4v) is 11.3. The maximum Gasteiger partial charge on any atom is 0.305 e. The summed E-state index contributed by atoms with van der Waals surface area (Å²) >= 11 is 0. The van der Waals surface area contributed by atoms with Gasteiger partial charge in [-0.1, -0.05) is 339 Å². The Kier molecular flexibility index (Phi) is 67.9. The van der Waals surface area contributed by atoms with E-state index in [1.807, 2.05) is 6.08 Å². The summed E-state index contributed by atoms with van der Waals surface area (Å²) in [6, 6.07) is -0.629. The summed E-state index contributed by atoms with van der Waals surface area (Å²) in [7, 11) is 0. The first kappa shape index (κ1) is 78.1. The van der Waals surface area contributed by atoms with Gasteiger partial charge in [0.2, 0.25) is 5.91 Å². The van der Waals surface area contributed by atoms with E-state index in [1.165, 1.54) is 327 Å². The average Bonchev–Trinajstić information content (AvgIpc) is 3.46. The first-order chi connectivity index (χ1) is 39.5. The monoisotopic (exact) mass is 1120 g/mol. The van der Waals surface area contributed by atoms with Crippen LogP contribution in [0.5, 0.6) is 0 Å². The van der Waals surface area contributed by atoms with Crippen LogP contribution in [0.4, 0.5) is 0 Å². The lowest BCUT2D eigenvalue weighted by Gasteiger charge is -2.20. The molecule has 6 heteroatoms. The third kappa shape index (κ3) is 65.2. The Balaban J connectivity index is 3.39. The molecule has 3 N–H and O–H groups in total. The molecule has 0 heterocycles. The van der Waals surface area contributed by atoms with Crippen LogP contribution >= 0.6 is 0 Å². The molecule has 472 valence electrons. The molecule has 1 amide bonds. The number of amides is 1. The first-order valence-electron chi connectivity index (χ1n) is 36.3. The van der Waals surface area contributed by atoms with E-state index in [4.69, 9.17) is 4.74 Å². The number of unbranched alkanes of at least 4 members (excludes halogenated alkanes) is 53. The van der Waals surface area contributed by atoms with Crippen LogP contribution in [0.2, 0.25) is 0 Å². The number of carbonyl (C=O) groups is 2. The van der Waals surface area contributed by atoms with E-state index in [9.17, 15) is 19.8 Å². The van der Waals surface area contributed by atoms with E-state index in [1.54, 1.807) is 6.08 Å². The van der Waals surface area contributed by atoms with Crippen LogP contribution in [0.25, 0.3) is 0 Å². The minimum absolute atomic E-state index is 0.0124. The molecule has 2 unspecified atom stereocenters. The van der Waals surface area contributed by atoms with Crippen molar-refractivity contribution in [3.05, 3.63) is 36.5 Å². The molecular weight excluding hydrogens is 983 g/mol. The van der Waals surface area contributed by atoms with Gasteiger partial charge in [0.05, 0.1) is 25.4 Å². The quantitative estimate of drug-likeness (QED) is 0.0320. The molecule has 6 nitrogen and oxygen atoms in total. The lowest BCUT2D eigenvalue weighted by atomic mass is 10.0. The number of hydrogen-bond donors (Lipinski definition) is 3. The zero-order valence-electron chi connectivity index (χ0n) is 54.1. The lowest BCUT2D eigenvalue weighted by Crippen LogP contribution is -2.45. The van der Waals surface area contributed by atoms with E-state index < -0.39 is 12.1 Å². The fraction of sp³-hybridized carbons (Fsp3) is 0.892. The SMILES string of the molecule is CCCCCCCCC/C=C\CCCCCCCCCC(=O)OCCCCCCCCCCCCCC/C=C\CCCCCCCCCCCCCC(=O)NC(CO)C(O)/C=C/CCCCCCCCCCCCCCCCCC. The second-order valence-electron chi connectivity index (χ2n) is 24.9. The maximum absolute atomic E-state index is 12.5. The highest BCUT2D eigenvalue weighted by molar-refractivity contribution is 5.76. The van der Waals surface area contributed by atoms with Gasteiger partial charge in [-0.25, -0.2) is 0 Å². The summed E-state index contributed by atoms with van der Waals surface area (Å²) in [5.74, 6) is -0.0534. The number of nitrogens with one attached hydrogen (secondary N) is 1. The molecule has 0 fully saturated rings. The van der Waals surface area contributed by atoms with Crippen LogP contribution in [0.1, 0.15) is 399 Å². The van der Waals surface area contributed by atoms with Crippen molar-refractivity contribution in [1.29, 1.82) is 0 Å². The molecule has 0 saturated heterocycles. The number of rotatable bonds is 68. The minimum atomic E-state index is -0.846. The molecule has 0 aliphatic carbocycles. The van der Waals surface area contributed by atoms with Gasteiger partial charge in [-0.15, -0.1) is 0 Å². The number of aliphatic hydroxyl groups excluding tert-OH is 2. The van der Waals surface area contributed by atoms with Crippen molar-refractivity contribution in [3.8, 4) is 0 Å². The molecule has 0 rings (SSSR count). The summed E-state index contributed by atoms with van der Waals surface area (Å²) in [6.07, 6.45) is 89.4. The smallest absolute Gasteiger partial charge is 0.305 e. The molecule has 0 radical (unpaired) electrons. The van der Waals surface area contributed by atoms with E-state index in [2.05, 4.69) is 43.5 Å². The van der Waals surface area contributed by atoms with E-state index in [0.29, 0.717) is 19.4 Å². The summed E-state index contributed by atoms with van der Waals surface area (Å²) in [4.78, 5) is 24.6. The number of hydrogen-bond acceptors (Lipinski definition) is 5. The maximum atomic E-state index is 12.5. The lowest BCUT2D eigenvalue weighted by molar-refractivity contribution is -0.143. The van der Waals surface area contributed by atoms with Crippen molar-refractivity contribution < 1.29 is 24.5 Å². The van der Waals surface area contributed by atoms with Crippen LogP contribution in [0.3, 0.4) is 0 Å². The van der Waals surface area contributed by atoms with Gasteiger partial charge in [-0.3, -0.25) is 9.59 Å². The van der Waals surface area contributed by atoms with Gasteiger partial charge in [-0.05, 0) is 83.5 Å². The second kappa shape index (κ2) is 69.6. The van der Waals surface area contributed by atoms with Crippen molar-refractivity contribution >= 4 is 11.9 Å². The molecule has 0 saturated carbocycles. The second-order valence-corrected chi connectivity index (χ2v) is 24.9.